The Morgan fingerprint density at radius 1 is 1.22 bits per heavy atom. The van der Waals surface area contributed by atoms with Crippen molar-refractivity contribution < 1.29 is 0 Å². The lowest BCUT2D eigenvalue weighted by Gasteiger charge is -2.21. The predicted octanol–water partition coefficient (Wildman–Crippen LogP) is 4.06. The van der Waals surface area contributed by atoms with E-state index in [1.54, 1.807) is 0 Å². The number of rotatable bonds is 7. The average Bonchev–Trinajstić information content (AvgIpc) is 3.08. The minimum Gasteiger partial charge on any atom is -0.362 e. The van der Waals surface area contributed by atoms with Gasteiger partial charge in [-0.05, 0) is 24.7 Å². The zero-order chi connectivity index (χ0) is 13.0. The van der Waals surface area contributed by atoms with Gasteiger partial charge in [-0.25, -0.2) is 0 Å². The number of hydrogen-bond donors (Lipinski definition) is 1. The summed E-state index contributed by atoms with van der Waals surface area (Å²) in [5.74, 6) is 1.84. The maximum absolute atomic E-state index is 4.72. The molecule has 0 spiro atoms. The van der Waals surface area contributed by atoms with Crippen LogP contribution in [0.4, 0.5) is 0 Å². The highest BCUT2D eigenvalue weighted by Crippen LogP contribution is 2.35. The fourth-order valence-electron chi connectivity index (χ4n) is 2.79. The maximum Gasteiger partial charge on any atom is 0.157 e. The molecule has 0 saturated heterocycles. The Labute approximate surface area is 116 Å². The molecule has 0 bridgehead atoms. The van der Waals surface area contributed by atoms with Crippen molar-refractivity contribution in [3.05, 3.63) is 0 Å². The van der Waals surface area contributed by atoms with Gasteiger partial charge in [0.2, 0.25) is 0 Å². The zero-order valence-corrected chi connectivity index (χ0v) is 12.9. The molecule has 2 rings (SSSR count). The Balaban J connectivity index is 1.76. The van der Waals surface area contributed by atoms with Gasteiger partial charge in [0.1, 0.15) is 0 Å². The molecule has 0 amide bonds. The molecule has 1 aliphatic heterocycles. The third-order valence-electron chi connectivity index (χ3n) is 4.39. The Kier molecular flexibility index (Phi) is 5.40. The highest BCUT2D eigenvalue weighted by molar-refractivity contribution is 8.14. The second kappa shape index (κ2) is 6.83. The van der Waals surface area contributed by atoms with Gasteiger partial charge in [0.25, 0.3) is 0 Å². The molecule has 2 aliphatic rings. The summed E-state index contributed by atoms with van der Waals surface area (Å²) in [6.07, 6.45) is 8.06. The van der Waals surface area contributed by atoms with Crippen LogP contribution in [0.15, 0.2) is 4.99 Å². The molecule has 2 nitrogen and oxygen atoms in total. The Bertz CT molecular complexity index is 282. The van der Waals surface area contributed by atoms with Crippen molar-refractivity contribution in [2.24, 2.45) is 16.8 Å². The number of nitrogens with zero attached hydrogens (tertiary/aromatic N) is 1. The van der Waals surface area contributed by atoms with Crippen molar-refractivity contribution in [3.8, 4) is 0 Å². The van der Waals surface area contributed by atoms with Gasteiger partial charge in [-0.2, -0.15) is 0 Å². The third-order valence-corrected chi connectivity index (χ3v) is 5.69. The average molecular weight is 268 g/mol. The summed E-state index contributed by atoms with van der Waals surface area (Å²) >= 11 is 2.00. The van der Waals surface area contributed by atoms with E-state index in [1.165, 1.54) is 43.7 Å². The lowest BCUT2D eigenvalue weighted by atomic mass is 9.99. The van der Waals surface area contributed by atoms with Crippen LogP contribution in [0, 0.1) is 11.8 Å². The fourth-order valence-corrected chi connectivity index (χ4v) is 4.19. The molecule has 3 heteroatoms. The Morgan fingerprint density at radius 2 is 1.94 bits per heavy atom. The van der Waals surface area contributed by atoms with Gasteiger partial charge in [-0.1, -0.05) is 58.2 Å². The normalized spacial score (nSPS) is 25.3. The van der Waals surface area contributed by atoms with Crippen LogP contribution >= 0.6 is 11.8 Å². The van der Waals surface area contributed by atoms with Crippen LogP contribution in [0.25, 0.3) is 0 Å². The monoisotopic (exact) mass is 268 g/mol. The van der Waals surface area contributed by atoms with Crippen LogP contribution in [0.1, 0.15) is 59.3 Å². The number of hydrogen-bond acceptors (Lipinski definition) is 3. The molecule has 104 valence electrons. The second-order valence-corrected chi connectivity index (χ2v) is 7.04. The molecule has 0 aromatic heterocycles. The van der Waals surface area contributed by atoms with E-state index in [-0.39, 0.29) is 0 Å². The smallest absolute Gasteiger partial charge is 0.157 e. The summed E-state index contributed by atoms with van der Waals surface area (Å²) in [6.45, 7) is 7.93. The lowest BCUT2D eigenvalue weighted by molar-refractivity contribution is 0.479. The topological polar surface area (TPSA) is 24.4 Å². The second-order valence-electron chi connectivity index (χ2n) is 5.81. The summed E-state index contributed by atoms with van der Waals surface area (Å²) in [7, 11) is 0. The van der Waals surface area contributed by atoms with Crippen molar-refractivity contribution in [1.29, 1.82) is 0 Å². The van der Waals surface area contributed by atoms with E-state index >= 15 is 0 Å². The highest BCUT2D eigenvalue weighted by Gasteiger charge is 2.29. The molecule has 2 unspecified atom stereocenters. The van der Waals surface area contributed by atoms with E-state index < -0.39 is 0 Å². The number of aliphatic imine (C=N–C) groups is 1. The summed E-state index contributed by atoms with van der Waals surface area (Å²) in [6, 6.07) is 0.657. The van der Waals surface area contributed by atoms with E-state index in [0.29, 0.717) is 6.04 Å². The molecule has 1 heterocycles. The molecule has 1 fully saturated rings. The molecule has 1 N–H and O–H groups in total. The highest BCUT2D eigenvalue weighted by atomic mass is 32.2. The molecular formula is C15H28N2S. The number of nitrogens with one attached hydrogen (secondary N) is 1. The van der Waals surface area contributed by atoms with E-state index in [4.69, 9.17) is 4.99 Å². The van der Waals surface area contributed by atoms with Crippen LogP contribution in [-0.4, -0.2) is 23.0 Å². The number of amidine groups is 1. The quantitative estimate of drug-likeness (QED) is 0.753. The largest absolute Gasteiger partial charge is 0.362 e. The van der Waals surface area contributed by atoms with Gasteiger partial charge >= 0.3 is 0 Å². The van der Waals surface area contributed by atoms with Crippen molar-refractivity contribution in [2.75, 3.05) is 6.54 Å². The van der Waals surface area contributed by atoms with Gasteiger partial charge < -0.3 is 5.32 Å². The number of thioether (sulfide) groups is 1. The van der Waals surface area contributed by atoms with E-state index in [0.717, 1.165) is 23.6 Å². The van der Waals surface area contributed by atoms with Crippen molar-refractivity contribution >= 4 is 16.9 Å². The molecule has 0 aromatic rings. The van der Waals surface area contributed by atoms with Crippen LogP contribution in [0.2, 0.25) is 0 Å². The van der Waals surface area contributed by atoms with Gasteiger partial charge in [-0.15, -0.1) is 0 Å². The first-order chi connectivity index (χ1) is 8.76. The minimum absolute atomic E-state index is 0.657. The standard InChI is InChI=1S/C15H28N2S/c1-4-12(5-2)14-10-16-15(18-14)17-13(6-3)9-11-7-8-11/h11-14H,4-10H2,1-3H3,(H,16,17). The first-order valence-electron chi connectivity index (χ1n) is 7.74. The van der Waals surface area contributed by atoms with E-state index in [9.17, 15) is 0 Å². The first-order valence-corrected chi connectivity index (χ1v) is 8.62. The van der Waals surface area contributed by atoms with Gasteiger partial charge in [0, 0.05) is 11.3 Å². The molecule has 1 saturated carbocycles. The zero-order valence-electron chi connectivity index (χ0n) is 12.1. The minimum atomic E-state index is 0.657. The summed E-state index contributed by atoms with van der Waals surface area (Å²) in [4.78, 5) is 4.72. The molecule has 2 atom stereocenters. The van der Waals surface area contributed by atoms with Crippen LogP contribution < -0.4 is 5.32 Å². The van der Waals surface area contributed by atoms with Crippen molar-refractivity contribution in [1.82, 2.24) is 5.32 Å². The lowest BCUT2D eigenvalue weighted by Crippen LogP contribution is -2.32. The molecular weight excluding hydrogens is 240 g/mol. The van der Waals surface area contributed by atoms with E-state index in [1.807, 2.05) is 11.8 Å². The van der Waals surface area contributed by atoms with Crippen LogP contribution in [0.5, 0.6) is 0 Å². The van der Waals surface area contributed by atoms with Crippen molar-refractivity contribution in [3.63, 3.8) is 0 Å². The maximum atomic E-state index is 4.72. The molecule has 1 aliphatic carbocycles. The predicted molar refractivity (Wildman–Crippen MR) is 82.3 cm³/mol. The van der Waals surface area contributed by atoms with Crippen molar-refractivity contribution in [2.45, 2.75) is 70.6 Å². The third kappa shape index (κ3) is 3.91. The first kappa shape index (κ1) is 14.2. The Morgan fingerprint density at radius 3 is 2.50 bits per heavy atom. The molecule has 18 heavy (non-hydrogen) atoms. The molecule has 0 aromatic carbocycles. The van der Waals surface area contributed by atoms with Gasteiger partial charge in [0.15, 0.2) is 5.17 Å². The molecule has 0 radical (unpaired) electrons. The van der Waals surface area contributed by atoms with Crippen LogP contribution in [0.3, 0.4) is 0 Å². The van der Waals surface area contributed by atoms with Crippen LogP contribution in [-0.2, 0) is 0 Å². The van der Waals surface area contributed by atoms with Gasteiger partial charge in [0.05, 0.1) is 6.54 Å². The Hall–Kier alpha value is -0.180. The van der Waals surface area contributed by atoms with Gasteiger partial charge in [-0.3, -0.25) is 4.99 Å². The summed E-state index contributed by atoms with van der Waals surface area (Å²) in [5, 5.41) is 5.63. The van der Waals surface area contributed by atoms with E-state index in [2.05, 4.69) is 26.1 Å². The fraction of sp³-hybridized carbons (Fsp3) is 0.933. The SMILES string of the molecule is CCC(CC1CC1)NC1=NCC(C(CC)CC)S1. The summed E-state index contributed by atoms with van der Waals surface area (Å²) < 4.78 is 0. The summed E-state index contributed by atoms with van der Waals surface area (Å²) in [5.41, 5.74) is 0.